The van der Waals surface area contributed by atoms with Gasteiger partial charge in [0.05, 0.1) is 11.7 Å². The van der Waals surface area contributed by atoms with Crippen molar-refractivity contribution >= 4 is 5.91 Å². The van der Waals surface area contributed by atoms with Crippen LogP contribution in [-0.4, -0.2) is 33.2 Å². The third-order valence-electron chi connectivity index (χ3n) is 5.36. The summed E-state index contributed by atoms with van der Waals surface area (Å²) < 4.78 is 7.83. The van der Waals surface area contributed by atoms with Gasteiger partial charge in [-0.15, -0.1) is 0 Å². The van der Waals surface area contributed by atoms with Crippen LogP contribution in [-0.2, 0) is 18.3 Å². The van der Waals surface area contributed by atoms with Crippen molar-refractivity contribution in [2.24, 2.45) is 7.05 Å². The number of carbonyl (C=O) groups is 1. The maximum atomic E-state index is 13.1. The van der Waals surface area contributed by atoms with Crippen LogP contribution in [0.1, 0.15) is 41.4 Å². The molecule has 5 heteroatoms. The number of hydrogen-bond donors (Lipinski definition) is 0. The maximum Gasteiger partial charge on any atom is 0.264 e. The van der Waals surface area contributed by atoms with E-state index in [1.54, 1.807) is 0 Å². The first kappa shape index (κ1) is 15.2. The lowest BCUT2D eigenvalue weighted by molar-refractivity contribution is -0.138. The second-order valence-electron chi connectivity index (χ2n) is 6.82. The molecule has 0 unspecified atom stereocenters. The summed E-state index contributed by atoms with van der Waals surface area (Å²) in [6.45, 7) is 4.91. The molecule has 1 aromatic heterocycles. The van der Waals surface area contributed by atoms with Gasteiger partial charge in [0, 0.05) is 31.3 Å². The summed E-state index contributed by atoms with van der Waals surface area (Å²) in [5.41, 5.74) is 4.50. The standard InChI is InChI=1S/C19H23N3O2/c1-12-18(13(2)21(3)20-12)15-8-6-10-22(15)19(23)17-11-14-7-4-5-9-16(14)24-17/h4-5,7,9,15,17H,6,8,10-11H2,1-3H3/t15-,17+/m0/s1. The van der Waals surface area contributed by atoms with E-state index in [0.29, 0.717) is 6.42 Å². The van der Waals surface area contributed by atoms with Crippen molar-refractivity contribution in [1.29, 1.82) is 0 Å². The Hall–Kier alpha value is -2.30. The molecule has 0 saturated carbocycles. The summed E-state index contributed by atoms with van der Waals surface area (Å²) >= 11 is 0. The molecule has 5 nitrogen and oxygen atoms in total. The summed E-state index contributed by atoms with van der Waals surface area (Å²) in [6.07, 6.45) is 2.31. The van der Waals surface area contributed by atoms with Gasteiger partial charge in [0.2, 0.25) is 0 Å². The van der Waals surface area contributed by atoms with E-state index in [9.17, 15) is 4.79 Å². The second-order valence-corrected chi connectivity index (χ2v) is 6.82. The van der Waals surface area contributed by atoms with Gasteiger partial charge in [-0.05, 0) is 38.3 Å². The first-order chi connectivity index (χ1) is 11.6. The van der Waals surface area contributed by atoms with E-state index >= 15 is 0 Å². The number of nitrogens with zero attached hydrogens (tertiary/aromatic N) is 3. The average Bonchev–Trinajstić information content (AvgIpc) is 3.25. The van der Waals surface area contributed by atoms with E-state index in [-0.39, 0.29) is 18.1 Å². The van der Waals surface area contributed by atoms with Crippen molar-refractivity contribution in [3.8, 4) is 5.75 Å². The monoisotopic (exact) mass is 325 g/mol. The van der Waals surface area contributed by atoms with Crippen LogP contribution >= 0.6 is 0 Å². The highest BCUT2D eigenvalue weighted by Crippen LogP contribution is 2.37. The topological polar surface area (TPSA) is 47.4 Å². The smallest absolute Gasteiger partial charge is 0.264 e. The Morgan fingerprint density at radius 1 is 1.29 bits per heavy atom. The summed E-state index contributed by atoms with van der Waals surface area (Å²) in [6, 6.07) is 8.06. The third-order valence-corrected chi connectivity index (χ3v) is 5.36. The minimum absolute atomic E-state index is 0.108. The molecular weight excluding hydrogens is 302 g/mol. The van der Waals surface area contributed by atoms with Crippen LogP contribution in [0.5, 0.6) is 5.75 Å². The number of ether oxygens (including phenoxy) is 1. The molecular formula is C19H23N3O2. The van der Waals surface area contributed by atoms with Crippen LogP contribution in [0.4, 0.5) is 0 Å². The molecule has 1 fully saturated rings. The van der Waals surface area contributed by atoms with Gasteiger partial charge in [0.15, 0.2) is 6.10 Å². The molecule has 0 aliphatic carbocycles. The molecule has 1 saturated heterocycles. The van der Waals surface area contributed by atoms with Gasteiger partial charge in [-0.25, -0.2) is 0 Å². The number of para-hydroxylation sites is 1. The maximum absolute atomic E-state index is 13.1. The van der Waals surface area contributed by atoms with Gasteiger partial charge < -0.3 is 9.64 Å². The number of benzene rings is 1. The van der Waals surface area contributed by atoms with Crippen molar-refractivity contribution < 1.29 is 9.53 Å². The van der Waals surface area contributed by atoms with Gasteiger partial charge in [0.25, 0.3) is 5.91 Å². The molecule has 126 valence electrons. The molecule has 2 atom stereocenters. The third kappa shape index (κ3) is 2.30. The highest BCUT2D eigenvalue weighted by Gasteiger charge is 2.39. The molecule has 4 rings (SSSR count). The second kappa shape index (κ2) is 5.65. The van der Waals surface area contributed by atoms with Crippen molar-refractivity contribution in [3.63, 3.8) is 0 Å². The molecule has 0 spiro atoms. The fourth-order valence-electron chi connectivity index (χ4n) is 4.11. The van der Waals surface area contributed by atoms with Gasteiger partial charge in [0.1, 0.15) is 5.75 Å². The molecule has 1 amide bonds. The molecule has 3 heterocycles. The lowest BCUT2D eigenvalue weighted by atomic mass is 10.0. The number of aryl methyl sites for hydroxylation is 2. The van der Waals surface area contributed by atoms with E-state index in [4.69, 9.17) is 4.74 Å². The van der Waals surface area contributed by atoms with Crippen molar-refractivity contribution in [2.75, 3.05) is 6.54 Å². The number of aromatic nitrogens is 2. The van der Waals surface area contributed by atoms with Crippen LogP contribution in [0, 0.1) is 13.8 Å². The minimum atomic E-state index is -0.389. The fourth-order valence-corrected chi connectivity index (χ4v) is 4.11. The average molecular weight is 325 g/mol. The van der Waals surface area contributed by atoms with E-state index in [1.807, 2.05) is 47.8 Å². The first-order valence-corrected chi connectivity index (χ1v) is 8.61. The summed E-state index contributed by atoms with van der Waals surface area (Å²) in [5, 5.41) is 4.53. The van der Waals surface area contributed by atoms with Crippen molar-refractivity contribution in [1.82, 2.24) is 14.7 Å². The molecule has 2 aromatic rings. The highest BCUT2D eigenvalue weighted by atomic mass is 16.5. The van der Waals surface area contributed by atoms with Crippen LogP contribution < -0.4 is 4.74 Å². The van der Waals surface area contributed by atoms with Crippen LogP contribution in [0.2, 0.25) is 0 Å². The van der Waals surface area contributed by atoms with Gasteiger partial charge >= 0.3 is 0 Å². The molecule has 24 heavy (non-hydrogen) atoms. The van der Waals surface area contributed by atoms with Crippen LogP contribution in [0.15, 0.2) is 24.3 Å². The Morgan fingerprint density at radius 3 is 2.79 bits per heavy atom. The zero-order valence-electron chi connectivity index (χ0n) is 14.5. The largest absolute Gasteiger partial charge is 0.480 e. The van der Waals surface area contributed by atoms with Crippen LogP contribution in [0.3, 0.4) is 0 Å². The predicted octanol–water partition coefficient (Wildman–Crippen LogP) is 2.70. The Morgan fingerprint density at radius 2 is 2.08 bits per heavy atom. The Bertz CT molecular complexity index is 771. The molecule has 0 bridgehead atoms. The SMILES string of the molecule is Cc1nn(C)c(C)c1[C@@H]1CCCN1C(=O)[C@H]1Cc2ccccc2O1. The van der Waals surface area contributed by atoms with Gasteiger partial charge in [-0.3, -0.25) is 9.48 Å². The molecule has 0 radical (unpaired) electrons. The Labute approximate surface area is 142 Å². The lowest BCUT2D eigenvalue weighted by Crippen LogP contribution is -2.41. The normalized spacial score (nSPS) is 22.5. The van der Waals surface area contributed by atoms with Crippen molar-refractivity contribution in [3.05, 3.63) is 46.8 Å². The van der Waals surface area contributed by atoms with E-state index < -0.39 is 0 Å². The number of hydrogen-bond acceptors (Lipinski definition) is 3. The number of likely N-dealkylation sites (tertiary alicyclic amines) is 1. The minimum Gasteiger partial charge on any atom is -0.480 e. The van der Waals surface area contributed by atoms with Gasteiger partial charge in [-0.1, -0.05) is 18.2 Å². The number of fused-ring (bicyclic) bond motifs is 1. The summed E-state index contributed by atoms with van der Waals surface area (Å²) in [5.74, 6) is 0.955. The Kier molecular flexibility index (Phi) is 3.59. The quantitative estimate of drug-likeness (QED) is 0.853. The van der Waals surface area contributed by atoms with Crippen molar-refractivity contribution in [2.45, 2.75) is 45.3 Å². The highest BCUT2D eigenvalue weighted by molar-refractivity contribution is 5.83. The number of amides is 1. The fraction of sp³-hybridized carbons (Fsp3) is 0.474. The zero-order valence-corrected chi connectivity index (χ0v) is 14.5. The molecule has 2 aliphatic rings. The van der Waals surface area contributed by atoms with Crippen LogP contribution in [0.25, 0.3) is 0 Å². The zero-order chi connectivity index (χ0) is 16.8. The number of rotatable bonds is 2. The summed E-state index contributed by atoms with van der Waals surface area (Å²) in [4.78, 5) is 15.1. The van der Waals surface area contributed by atoms with E-state index in [2.05, 4.69) is 12.0 Å². The Balaban J connectivity index is 1.59. The molecule has 1 aromatic carbocycles. The predicted molar refractivity (Wildman–Crippen MR) is 90.9 cm³/mol. The molecule has 2 aliphatic heterocycles. The first-order valence-electron chi connectivity index (χ1n) is 8.61. The van der Waals surface area contributed by atoms with Gasteiger partial charge in [-0.2, -0.15) is 5.10 Å². The lowest BCUT2D eigenvalue weighted by Gasteiger charge is -2.27. The summed E-state index contributed by atoms with van der Waals surface area (Å²) in [7, 11) is 1.96. The van der Waals surface area contributed by atoms with E-state index in [1.165, 1.54) is 5.56 Å². The number of carbonyl (C=O) groups excluding carboxylic acids is 1. The molecule has 0 N–H and O–H groups in total. The van der Waals surface area contributed by atoms with E-state index in [0.717, 1.165) is 42.1 Å².